The van der Waals surface area contributed by atoms with Crippen LogP contribution in [0.5, 0.6) is 0 Å². The van der Waals surface area contributed by atoms with Crippen molar-refractivity contribution < 1.29 is 14.0 Å². The molecule has 30 heavy (non-hydrogen) atoms. The van der Waals surface area contributed by atoms with E-state index in [9.17, 15) is 14.0 Å². The standard InChI is InChI=1S/C24H30FN3O2/c1-28(17-19-7-3-2-4-8-19)23(30)26-16-13-22(29)27-18-24(14-5-6-15-24)20-9-11-21(25)12-10-20/h2-4,7-12H,5-6,13-18H2,1H3,(H,26,30)(H,27,29). The Labute approximate surface area is 177 Å². The van der Waals surface area contributed by atoms with E-state index < -0.39 is 0 Å². The van der Waals surface area contributed by atoms with Gasteiger partial charge in [0.25, 0.3) is 0 Å². The molecule has 1 fully saturated rings. The average molecular weight is 412 g/mol. The highest BCUT2D eigenvalue weighted by molar-refractivity contribution is 5.78. The molecule has 0 aliphatic heterocycles. The lowest BCUT2D eigenvalue weighted by atomic mass is 9.79. The fourth-order valence-corrected chi connectivity index (χ4v) is 4.13. The highest BCUT2D eigenvalue weighted by atomic mass is 19.1. The Kier molecular flexibility index (Phi) is 7.44. The first-order chi connectivity index (χ1) is 14.5. The summed E-state index contributed by atoms with van der Waals surface area (Å²) in [5.41, 5.74) is 2.01. The SMILES string of the molecule is CN(Cc1ccccc1)C(=O)NCCC(=O)NCC1(c2ccc(F)cc2)CCCC1. The van der Waals surface area contributed by atoms with Gasteiger partial charge in [0.15, 0.2) is 0 Å². The molecule has 0 atom stereocenters. The maximum Gasteiger partial charge on any atom is 0.317 e. The van der Waals surface area contributed by atoms with Crippen LogP contribution in [-0.2, 0) is 16.8 Å². The number of carbonyl (C=O) groups excluding carboxylic acids is 2. The summed E-state index contributed by atoms with van der Waals surface area (Å²) in [4.78, 5) is 26.1. The van der Waals surface area contributed by atoms with Crippen molar-refractivity contribution in [3.8, 4) is 0 Å². The molecule has 0 saturated heterocycles. The van der Waals surface area contributed by atoms with Gasteiger partial charge < -0.3 is 15.5 Å². The molecule has 1 aliphatic carbocycles. The molecule has 1 aliphatic rings. The smallest absolute Gasteiger partial charge is 0.317 e. The summed E-state index contributed by atoms with van der Waals surface area (Å²) in [6.07, 6.45) is 4.42. The fraction of sp³-hybridized carbons (Fsp3) is 0.417. The topological polar surface area (TPSA) is 61.4 Å². The van der Waals surface area contributed by atoms with Crippen molar-refractivity contribution in [2.45, 2.75) is 44.1 Å². The van der Waals surface area contributed by atoms with Crippen molar-refractivity contribution in [1.82, 2.24) is 15.5 Å². The van der Waals surface area contributed by atoms with E-state index in [1.807, 2.05) is 42.5 Å². The normalized spacial score (nSPS) is 14.9. The lowest BCUT2D eigenvalue weighted by molar-refractivity contribution is -0.121. The third-order valence-corrected chi connectivity index (χ3v) is 5.88. The van der Waals surface area contributed by atoms with Crippen LogP contribution in [0.25, 0.3) is 0 Å². The van der Waals surface area contributed by atoms with E-state index in [-0.39, 0.29) is 36.1 Å². The number of urea groups is 1. The average Bonchev–Trinajstić information content (AvgIpc) is 3.23. The van der Waals surface area contributed by atoms with Crippen molar-refractivity contribution in [1.29, 1.82) is 0 Å². The van der Waals surface area contributed by atoms with E-state index in [2.05, 4.69) is 10.6 Å². The van der Waals surface area contributed by atoms with Gasteiger partial charge in [-0.3, -0.25) is 4.79 Å². The first kappa shape index (κ1) is 21.8. The molecule has 2 aromatic carbocycles. The van der Waals surface area contributed by atoms with Gasteiger partial charge in [0, 0.05) is 38.5 Å². The van der Waals surface area contributed by atoms with Gasteiger partial charge in [-0.25, -0.2) is 9.18 Å². The molecule has 0 aromatic heterocycles. The largest absolute Gasteiger partial charge is 0.355 e. The Bertz CT molecular complexity index is 833. The highest BCUT2D eigenvalue weighted by Gasteiger charge is 2.35. The van der Waals surface area contributed by atoms with E-state index in [4.69, 9.17) is 0 Å². The van der Waals surface area contributed by atoms with Crippen LogP contribution in [0.3, 0.4) is 0 Å². The molecule has 160 valence electrons. The molecule has 2 aromatic rings. The number of nitrogens with one attached hydrogen (secondary N) is 2. The zero-order chi connectivity index (χ0) is 21.4. The maximum absolute atomic E-state index is 13.3. The van der Waals surface area contributed by atoms with Gasteiger partial charge in [0.05, 0.1) is 0 Å². The van der Waals surface area contributed by atoms with E-state index >= 15 is 0 Å². The van der Waals surface area contributed by atoms with Gasteiger partial charge in [-0.2, -0.15) is 0 Å². The van der Waals surface area contributed by atoms with Crippen LogP contribution in [0, 0.1) is 5.82 Å². The number of carbonyl (C=O) groups is 2. The van der Waals surface area contributed by atoms with Gasteiger partial charge in [0.1, 0.15) is 5.82 Å². The third kappa shape index (κ3) is 5.81. The molecule has 3 rings (SSSR count). The number of rotatable bonds is 8. The second kappa shape index (κ2) is 10.2. The predicted octanol–water partition coefficient (Wildman–Crippen LogP) is 3.99. The van der Waals surface area contributed by atoms with E-state index in [0.29, 0.717) is 13.1 Å². The van der Waals surface area contributed by atoms with Crippen molar-refractivity contribution in [3.05, 3.63) is 71.5 Å². The molecule has 0 spiro atoms. The zero-order valence-corrected chi connectivity index (χ0v) is 17.5. The quantitative estimate of drug-likeness (QED) is 0.690. The molecule has 3 amide bonds. The Morgan fingerprint density at radius 3 is 2.33 bits per heavy atom. The number of benzene rings is 2. The fourth-order valence-electron chi connectivity index (χ4n) is 4.13. The number of nitrogens with zero attached hydrogens (tertiary/aromatic N) is 1. The van der Waals surface area contributed by atoms with Crippen LogP contribution in [0.2, 0.25) is 0 Å². The Balaban J connectivity index is 1.42. The summed E-state index contributed by atoms with van der Waals surface area (Å²) in [5, 5.41) is 5.82. The Morgan fingerprint density at radius 1 is 1.00 bits per heavy atom. The Morgan fingerprint density at radius 2 is 1.67 bits per heavy atom. The van der Waals surface area contributed by atoms with Gasteiger partial charge in [-0.1, -0.05) is 55.3 Å². The van der Waals surface area contributed by atoms with Crippen LogP contribution in [0.1, 0.15) is 43.2 Å². The van der Waals surface area contributed by atoms with Gasteiger partial charge in [-0.15, -0.1) is 0 Å². The number of hydrogen-bond donors (Lipinski definition) is 2. The molecule has 0 radical (unpaired) electrons. The molecular weight excluding hydrogens is 381 g/mol. The summed E-state index contributed by atoms with van der Waals surface area (Å²) in [7, 11) is 1.73. The van der Waals surface area contributed by atoms with Gasteiger partial charge >= 0.3 is 6.03 Å². The zero-order valence-electron chi connectivity index (χ0n) is 17.5. The minimum absolute atomic E-state index is 0.0885. The summed E-state index contributed by atoms with van der Waals surface area (Å²) in [6, 6.07) is 16.2. The third-order valence-electron chi connectivity index (χ3n) is 5.88. The van der Waals surface area contributed by atoms with Crippen LogP contribution >= 0.6 is 0 Å². The molecule has 0 unspecified atom stereocenters. The van der Waals surface area contributed by atoms with E-state index in [1.54, 1.807) is 11.9 Å². The summed E-state index contributed by atoms with van der Waals surface area (Å²) in [5.74, 6) is -0.335. The second-order valence-electron chi connectivity index (χ2n) is 8.09. The molecule has 0 bridgehead atoms. The number of hydrogen-bond acceptors (Lipinski definition) is 2. The summed E-state index contributed by atoms with van der Waals surface area (Å²) in [6.45, 7) is 1.34. The lowest BCUT2D eigenvalue weighted by Crippen LogP contribution is -2.41. The maximum atomic E-state index is 13.3. The Hall–Kier alpha value is -2.89. The van der Waals surface area contributed by atoms with Crippen molar-refractivity contribution in [2.75, 3.05) is 20.1 Å². The highest BCUT2D eigenvalue weighted by Crippen LogP contribution is 2.40. The molecule has 1 saturated carbocycles. The molecular formula is C24H30FN3O2. The summed E-state index contributed by atoms with van der Waals surface area (Å²) >= 11 is 0. The first-order valence-electron chi connectivity index (χ1n) is 10.5. The number of halogens is 1. The van der Waals surface area contributed by atoms with Crippen molar-refractivity contribution in [2.24, 2.45) is 0 Å². The summed E-state index contributed by atoms with van der Waals surface area (Å²) < 4.78 is 13.3. The van der Waals surface area contributed by atoms with Gasteiger partial charge in [-0.05, 0) is 36.1 Å². The minimum atomic E-state index is -0.246. The van der Waals surface area contributed by atoms with Crippen molar-refractivity contribution in [3.63, 3.8) is 0 Å². The second-order valence-corrected chi connectivity index (χ2v) is 8.09. The van der Waals surface area contributed by atoms with E-state index in [0.717, 1.165) is 36.8 Å². The van der Waals surface area contributed by atoms with E-state index in [1.165, 1.54) is 12.1 Å². The molecule has 6 heteroatoms. The van der Waals surface area contributed by atoms with Crippen LogP contribution < -0.4 is 10.6 Å². The van der Waals surface area contributed by atoms with Crippen LogP contribution in [0.15, 0.2) is 54.6 Å². The molecule has 5 nitrogen and oxygen atoms in total. The molecule has 0 heterocycles. The van der Waals surface area contributed by atoms with Crippen LogP contribution in [-0.4, -0.2) is 37.0 Å². The number of amides is 3. The lowest BCUT2D eigenvalue weighted by Gasteiger charge is -2.30. The predicted molar refractivity (Wildman–Crippen MR) is 115 cm³/mol. The monoisotopic (exact) mass is 411 g/mol. The molecule has 2 N–H and O–H groups in total. The minimum Gasteiger partial charge on any atom is -0.355 e. The first-order valence-corrected chi connectivity index (χ1v) is 10.5. The van der Waals surface area contributed by atoms with Crippen molar-refractivity contribution >= 4 is 11.9 Å². The van der Waals surface area contributed by atoms with Crippen LogP contribution in [0.4, 0.5) is 9.18 Å². The van der Waals surface area contributed by atoms with Gasteiger partial charge in [0.2, 0.25) is 5.91 Å².